The molecule has 0 aliphatic rings. The Kier molecular flexibility index (Phi) is 3.27. The number of ether oxygens (including phenoxy) is 1. The summed E-state index contributed by atoms with van der Waals surface area (Å²) in [5.41, 5.74) is 0.362. The summed E-state index contributed by atoms with van der Waals surface area (Å²) in [5, 5.41) is 4.01. The van der Waals surface area contributed by atoms with Crippen LogP contribution in [0.5, 0.6) is 5.88 Å². The SMILES string of the molecule is COc1ccc(=O)n(Cc2ccn(C)c(=O)c2)n1. The molecule has 0 saturated heterocycles. The third-order valence-corrected chi connectivity index (χ3v) is 2.55. The molecular weight excluding hydrogens is 234 g/mol. The fraction of sp³-hybridized carbons (Fsp3) is 0.250. The predicted molar refractivity (Wildman–Crippen MR) is 65.8 cm³/mol. The van der Waals surface area contributed by atoms with E-state index < -0.39 is 0 Å². The second-order valence-electron chi connectivity index (χ2n) is 3.86. The molecule has 94 valence electrons. The number of hydrogen-bond donors (Lipinski definition) is 0. The van der Waals surface area contributed by atoms with E-state index in [1.165, 1.54) is 34.6 Å². The lowest BCUT2D eigenvalue weighted by Gasteiger charge is -2.06. The van der Waals surface area contributed by atoms with Crippen molar-refractivity contribution >= 4 is 0 Å². The lowest BCUT2D eigenvalue weighted by molar-refractivity contribution is 0.379. The predicted octanol–water partition coefficient (Wildman–Crippen LogP) is -0.00110. The molecule has 0 fully saturated rings. The van der Waals surface area contributed by atoms with E-state index in [4.69, 9.17) is 4.74 Å². The molecule has 0 amide bonds. The Balaban J connectivity index is 2.36. The van der Waals surface area contributed by atoms with Gasteiger partial charge in [-0.15, -0.1) is 5.10 Å². The minimum absolute atomic E-state index is 0.122. The number of aryl methyl sites for hydroxylation is 1. The first-order chi connectivity index (χ1) is 8.60. The van der Waals surface area contributed by atoms with Crippen LogP contribution in [0.25, 0.3) is 0 Å². The van der Waals surface area contributed by atoms with E-state index >= 15 is 0 Å². The van der Waals surface area contributed by atoms with Gasteiger partial charge in [-0.3, -0.25) is 9.59 Å². The van der Waals surface area contributed by atoms with Gasteiger partial charge in [0.2, 0.25) is 5.88 Å². The summed E-state index contributed by atoms with van der Waals surface area (Å²) in [6, 6.07) is 6.14. The smallest absolute Gasteiger partial charge is 0.267 e. The van der Waals surface area contributed by atoms with Crippen molar-refractivity contribution in [2.75, 3.05) is 7.11 Å². The molecule has 0 aliphatic carbocycles. The minimum atomic E-state index is -0.239. The number of methoxy groups -OCH3 is 1. The molecule has 2 aromatic rings. The molecule has 6 heteroatoms. The standard InChI is InChI=1S/C12H13N3O3/c1-14-6-5-9(7-12(14)17)8-15-11(16)4-3-10(13-15)18-2/h3-7H,8H2,1-2H3. The first-order valence-electron chi connectivity index (χ1n) is 5.38. The van der Waals surface area contributed by atoms with Gasteiger partial charge in [-0.2, -0.15) is 0 Å². The van der Waals surface area contributed by atoms with E-state index in [0.29, 0.717) is 5.88 Å². The van der Waals surface area contributed by atoms with Crippen LogP contribution < -0.4 is 15.9 Å². The van der Waals surface area contributed by atoms with Crippen molar-refractivity contribution in [1.29, 1.82) is 0 Å². The van der Waals surface area contributed by atoms with E-state index in [1.54, 1.807) is 19.3 Å². The van der Waals surface area contributed by atoms with Gasteiger partial charge in [0.05, 0.1) is 13.7 Å². The molecule has 2 rings (SSSR count). The Hall–Kier alpha value is -2.37. The third kappa shape index (κ3) is 2.48. The molecular formula is C12H13N3O3. The van der Waals surface area contributed by atoms with Crippen LogP contribution in [0.15, 0.2) is 40.1 Å². The summed E-state index contributed by atoms with van der Waals surface area (Å²) in [6.07, 6.45) is 1.66. The van der Waals surface area contributed by atoms with Crippen molar-refractivity contribution in [2.24, 2.45) is 7.05 Å². The van der Waals surface area contributed by atoms with Crippen LogP contribution in [0.3, 0.4) is 0 Å². The van der Waals surface area contributed by atoms with Crippen molar-refractivity contribution in [3.8, 4) is 5.88 Å². The largest absolute Gasteiger partial charge is 0.480 e. The number of hydrogen-bond acceptors (Lipinski definition) is 4. The minimum Gasteiger partial charge on any atom is -0.480 e. The Bertz CT molecular complexity index is 673. The van der Waals surface area contributed by atoms with Crippen LogP contribution in [0.1, 0.15) is 5.56 Å². The van der Waals surface area contributed by atoms with Crippen molar-refractivity contribution in [3.63, 3.8) is 0 Å². The highest BCUT2D eigenvalue weighted by Gasteiger charge is 2.03. The Morgan fingerprint density at radius 2 is 2.00 bits per heavy atom. The maximum absolute atomic E-state index is 11.6. The van der Waals surface area contributed by atoms with E-state index in [1.807, 2.05) is 0 Å². The van der Waals surface area contributed by atoms with Crippen LogP contribution in [-0.2, 0) is 13.6 Å². The quantitative estimate of drug-likeness (QED) is 0.765. The summed E-state index contributed by atoms with van der Waals surface area (Å²) < 4.78 is 7.67. The van der Waals surface area contributed by atoms with Gasteiger partial charge in [0.1, 0.15) is 0 Å². The number of nitrogens with zero attached hydrogens (tertiary/aromatic N) is 3. The summed E-state index contributed by atoms with van der Waals surface area (Å²) in [7, 11) is 3.15. The summed E-state index contributed by atoms with van der Waals surface area (Å²) >= 11 is 0. The molecule has 0 spiro atoms. The van der Waals surface area contributed by atoms with Gasteiger partial charge < -0.3 is 9.30 Å². The fourth-order valence-corrected chi connectivity index (χ4v) is 1.51. The van der Waals surface area contributed by atoms with E-state index in [0.717, 1.165) is 5.56 Å². The molecule has 18 heavy (non-hydrogen) atoms. The van der Waals surface area contributed by atoms with Crippen LogP contribution in [0.2, 0.25) is 0 Å². The molecule has 0 unspecified atom stereocenters. The first kappa shape index (κ1) is 12.1. The lowest BCUT2D eigenvalue weighted by Crippen LogP contribution is -2.24. The second-order valence-corrected chi connectivity index (χ2v) is 3.86. The average Bonchev–Trinajstić information content (AvgIpc) is 2.36. The van der Waals surface area contributed by atoms with Crippen LogP contribution in [0, 0.1) is 0 Å². The number of pyridine rings is 1. The normalized spacial score (nSPS) is 10.3. The zero-order valence-electron chi connectivity index (χ0n) is 10.2. The van der Waals surface area contributed by atoms with Gasteiger partial charge >= 0.3 is 0 Å². The molecule has 0 N–H and O–H groups in total. The molecule has 2 heterocycles. The highest BCUT2D eigenvalue weighted by atomic mass is 16.5. The molecule has 0 saturated carbocycles. The molecule has 6 nitrogen and oxygen atoms in total. The summed E-state index contributed by atoms with van der Waals surface area (Å²) in [4.78, 5) is 23.1. The highest BCUT2D eigenvalue weighted by molar-refractivity contribution is 5.12. The third-order valence-electron chi connectivity index (χ3n) is 2.55. The van der Waals surface area contributed by atoms with E-state index in [-0.39, 0.29) is 17.7 Å². The van der Waals surface area contributed by atoms with Gasteiger partial charge in [0.25, 0.3) is 11.1 Å². The Morgan fingerprint density at radius 3 is 2.67 bits per heavy atom. The maximum atomic E-state index is 11.6. The molecule has 0 radical (unpaired) electrons. The molecule has 0 aromatic carbocycles. The van der Waals surface area contributed by atoms with Crippen molar-refractivity contribution in [3.05, 3.63) is 56.7 Å². The highest BCUT2D eigenvalue weighted by Crippen LogP contribution is 2.01. The van der Waals surface area contributed by atoms with Crippen molar-refractivity contribution in [2.45, 2.75) is 6.54 Å². The van der Waals surface area contributed by atoms with Gasteiger partial charge in [0.15, 0.2) is 0 Å². The summed E-state index contributed by atoms with van der Waals surface area (Å²) in [5.74, 6) is 0.360. The van der Waals surface area contributed by atoms with Crippen LogP contribution in [-0.4, -0.2) is 21.5 Å². The zero-order valence-corrected chi connectivity index (χ0v) is 10.2. The molecule has 0 aliphatic heterocycles. The topological polar surface area (TPSA) is 66.1 Å². The van der Waals surface area contributed by atoms with Crippen molar-refractivity contribution in [1.82, 2.24) is 14.3 Å². The maximum Gasteiger partial charge on any atom is 0.267 e. The van der Waals surface area contributed by atoms with Gasteiger partial charge in [-0.25, -0.2) is 4.68 Å². The number of rotatable bonds is 3. The monoisotopic (exact) mass is 247 g/mol. The van der Waals surface area contributed by atoms with E-state index in [9.17, 15) is 9.59 Å². The lowest BCUT2D eigenvalue weighted by atomic mass is 10.2. The Morgan fingerprint density at radius 1 is 1.22 bits per heavy atom. The van der Waals surface area contributed by atoms with Gasteiger partial charge in [-0.05, 0) is 11.6 Å². The molecule has 2 aromatic heterocycles. The van der Waals surface area contributed by atoms with Gasteiger partial charge in [0, 0.05) is 31.4 Å². The Labute approximate surface area is 103 Å². The van der Waals surface area contributed by atoms with E-state index in [2.05, 4.69) is 5.10 Å². The van der Waals surface area contributed by atoms with Gasteiger partial charge in [-0.1, -0.05) is 0 Å². The average molecular weight is 247 g/mol. The van der Waals surface area contributed by atoms with Crippen LogP contribution in [0.4, 0.5) is 0 Å². The van der Waals surface area contributed by atoms with Crippen LogP contribution >= 0.6 is 0 Å². The summed E-state index contributed by atoms with van der Waals surface area (Å²) in [6.45, 7) is 0.242. The first-order valence-corrected chi connectivity index (χ1v) is 5.38. The zero-order chi connectivity index (χ0) is 13.1. The molecule has 0 atom stereocenters. The fourth-order valence-electron chi connectivity index (χ4n) is 1.51. The molecule has 0 bridgehead atoms. The second kappa shape index (κ2) is 4.87. The van der Waals surface area contributed by atoms with Crippen molar-refractivity contribution < 1.29 is 4.74 Å². The number of aromatic nitrogens is 3.